The number of carbonyl (C=O) groups excluding carboxylic acids is 1. The largest absolute Gasteiger partial charge is 0.354 e. The highest BCUT2D eigenvalue weighted by atomic mass is 79.9. The number of anilines is 1. The van der Waals surface area contributed by atoms with Crippen LogP contribution in [-0.2, 0) is 4.79 Å². The van der Waals surface area contributed by atoms with E-state index in [4.69, 9.17) is 5.73 Å². The Morgan fingerprint density at radius 1 is 1.42 bits per heavy atom. The average molecular weight is 326 g/mol. The number of amides is 1. The Kier molecular flexibility index (Phi) is 4.16. The quantitative estimate of drug-likeness (QED) is 0.872. The van der Waals surface area contributed by atoms with E-state index < -0.39 is 0 Å². The van der Waals surface area contributed by atoms with Crippen molar-refractivity contribution < 1.29 is 4.79 Å². The van der Waals surface area contributed by atoms with Gasteiger partial charge in [-0.25, -0.2) is 0 Å². The van der Waals surface area contributed by atoms with Gasteiger partial charge >= 0.3 is 0 Å². The summed E-state index contributed by atoms with van der Waals surface area (Å²) in [5.74, 6) is 0.0102. The van der Waals surface area contributed by atoms with Crippen LogP contribution in [-0.4, -0.2) is 30.6 Å². The van der Waals surface area contributed by atoms with Crippen LogP contribution in [0.3, 0.4) is 0 Å². The fraction of sp³-hybridized carbons (Fsp3) is 0.500. The van der Waals surface area contributed by atoms with Gasteiger partial charge in [-0.2, -0.15) is 0 Å². The van der Waals surface area contributed by atoms with E-state index in [0.717, 1.165) is 16.6 Å². The van der Waals surface area contributed by atoms with E-state index in [0.29, 0.717) is 13.1 Å². The molecule has 1 aromatic carbocycles. The number of hydrogen-bond acceptors (Lipinski definition) is 3. The van der Waals surface area contributed by atoms with Crippen molar-refractivity contribution in [1.82, 2.24) is 5.32 Å². The number of benzene rings is 1. The molecule has 19 heavy (non-hydrogen) atoms. The maximum atomic E-state index is 12.1. The number of hydrogen-bond donors (Lipinski definition) is 2. The number of rotatable bonds is 2. The van der Waals surface area contributed by atoms with Crippen molar-refractivity contribution in [3.8, 4) is 0 Å². The molecule has 1 unspecified atom stereocenters. The Morgan fingerprint density at radius 3 is 2.63 bits per heavy atom. The van der Waals surface area contributed by atoms with Crippen LogP contribution < -0.4 is 16.0 Å². The molecule has 0 aliphatic carbocycles. The van der Waals surface area contributed by atoms with Gasteiger partial charge in [0, 0.05) is 28.8 Å². The molecule has 1 saturated heterocycles. The van der Waals surface area contributed by atoms with E-state index >= 15 is 0 Å². The fourth-order valence-electron chi connectivity index (χ4n) is 2.61. The molecule has 1 aliphatic rings. The van der Waals surface area contributed by atoms with Gasteiger partial charge in [0.1, 0.15) is 6.04 Å². The first kappa shape index (κ1) is 14.3. The van der Waals surface area contributed by atoms with Crippen LogP contribution in [0.2, 0.25) is 0 Å². The molecule has 1 fully saturated rings. The van der Waals surface area contributed by atoms with E-state index in [-0.39, 0.29) is 17.5 Å². The lowest BCUT2D eigenvalue weighted by molar-refractivity contribution is -0.121. The van der Waals surface area contributed by atoms with E-state index in [1.54, 1.807) is 0 Å². The Morgan fingerprint density at radius 2 is 2.05 bits per heavy atom. The summed E-state index contributed by atoms with van der Waals surface area (Å²) in [4.78, 5) is 14.3. The predicted molar refractivity (Wildman–Crippen MR) is 81.2 cm³/mol. The van der Waals surface area contributed by atoms with Gasteiger partial charge in [0.2, 0.25) is 5.91 Å². The monoisotopic (exact) mass is 325 g/mol. The molecule has 0 bridgehead atoms. The molecule has 5 heteroatoms. The molecule has 4 nitrogen and oxygen atoms in total. The molecule has 0 aromatic heterocycles. The van der Waals surface area contributed by atoms with Crippen molar-refractivity contribution in [2.24, 2.45) is 5.73 Å². The summed E-state index contributed by atoms with van der Waals surface area (Å²) in [7, 11) is 0. The summed E-state index contributed by atoms with van der Waals surface area (Å²) in [5, 5.41) is 2.94. The van der Waals surface area contributed by atoms with Crippen molar-refractivity contribution in [1.29, 1.82) is 0 Å². The fourth-order valence-corrected chi connectivity index (χ4v) is 2.88. The lowest BCUT2D eigenvalue weighted by Crippen LogP contribution is -2.56. The molecule has 2 rings (SSSR count). The van der Waals surface area contributed by atoms with Crippen molar-refractivity contribution in [3.63, 3.8) is 0 Å². The van der Waals surface area contributed by atoms with Crippen molar-refractivity contribution in [2.75, 3.05) is 18.0 Å². The molecule has 1 amide bonds. The van der Waals surface area contributed by atoms with Crippen LogP contribution in [0.1, 0.15) is 20.3 Å². The molecule has 3 N–H and O–H groups in total. The highest BCUT2D eigenvalue weighted by Gasteiger charge is 2.38. The summed E-state index contributed by atoms with van der Waals surface area (Å²) >= 11 is 3.43. The zero-order chi connectivity index (χ0) is 14.0. The summed E-state index contributed by atoms with van der Waals surface area (Å²) in [5.41, 5.74) is 6.74. The van der Waals surface area contributed by atoms with Crippen LogP contribution >= 0.6 is 15.9 Å². The minimum atomic E-state index is -0.321. The number of carbonyl (C=O) groups is 1. The second-order valence-corrected chi connectivity index (χ2v) is 6.37. The molecular formula is C14H20BrN3O. The van der Waals surface area contributed by atoms with Crippen LogP contribution in [0.4, 0.5) is 5.69 Å². The van der Waals surface area contributed by atoms with Gasteiger partial charge in [0.05, 0.1) is 0 Å². The molecular weight excluding hydrogens is 306 g/mol. The maximum Gasteiger partial charge on any atom is 0.244 e. The highest BCUT2D eigenvalue weighted by molar-refractivity contribution is 9.10. The molecule has 0 radical (unpaired) electrons. The van der Waals surface area contributed by atoms with Gasteiger partial charge in [0.25, 0.3) is 0 Å². The Labute approximate surface area is 122 Å². The van der Waals surface area contributed by atoms with Gasteiger partial charge < -0.3 is 16.0 Å². The number of nitrogens with one attached hydrogen (secondary N) is 1. The zero-order valence-corrected chi connectivity index (χ0v) is 12.9. The minimum Gasteiger partial charge on any atom is -0.354 e. The highest BCUT2D eigenvalue weighted by Crippen LogP contribution is 2.31. The Balaban J connectivity index is 2.45. The van der Waals surface area contributed by atoms with Crippen LogP contribution in [0.15, 0.2) is 28.7 Å². The van der Waals surface area contributed by atoms with Crippen molar-refractivity contribution in [2.45, 2.75) is 31.8 Å². The minimum absolute atomic E-state index is 0.0102. The number of nitrogens with zero attached hydrogens (tertiary/aromatic N) is 1. The first-order valence-electron chi connectivity index (χ1n) is 6.48. The Hall–Kier alpha value is -1.07. The summed E-state index contributed by atoms with van der Waals surface area (Å²) in [6.45, 7) is 5.30. The first-order valence-corrected chi connectivity index (χ1v) is 7.28. The van der Waals surface area contributed by atoms with Crippen LogP contribution in [0, 0.1) is 0 Å². The van der Waals surface area contributed by atoms with Gasteiger partial charge in [-0.15, -0.1) is 0 Å². The lowest BCUT2D eigenvalue weighted by Gasteiger charge is -2.42. The second-order valence-electron chi connectivity index (χ2n) is 5.45. The smallest absolute Gasteiger partial charge is 0.244 e. The van der Waals surface area contributed by atoms with Gasteiger partial charge in [0.15, 0.2) is 0 Å². The average Bonchev–Trinajstić information content (AvgIpc) is 2.47. The van der Waals surface area contributed by atoms with Crippen molar-refractivity contribution >= 4 is 27.5 Å². The van der Waals surface area contributed by atoms with E-state index in [1.165, 1.54) is 0 Å². The van der Waals surface area contributed by atoms with Gasteiger partial charge in [-0.05, 0) is 44.5 Å². The third-order valence-electron chi connectivity index (χ3n) is 3.63. The lowest BCUT2D eigenvalue weighted by atomic mass is 9.95. The second kappa shape index (κ2) is 5.51. The third kappa shape index (κ3) is 2.92. The molecule has 0 saturated carbocycles. The van der Waals surface area contributed by atoms with E-state index in [9.17, 15) is 4.79 Å². The predicted octanol–water partition coefficient (Wildman–Crippen LogP) is 1.88. The number of halogens is 1. The maximum absolute atomic E-state index is 12.1. The van der Waals surface area contributed by atoms with E-state index in [1.807, 2.05) is 24.3 Å². The standard InChI is InChI=1S/C14H20BrN3O/c1-14(2)7-8-17-13(19)12(9-16)18(14)11-5-3-10(15)4-6-11/h3-6,12H,7-9,16H2,1-2H3,(H,17,19). The molecule has 1 aliphatic heterocycles. The zero-order valence-electron chi connectivity index (χ0n) is 11.3. The summed E-state index contributed by atoms with van der Waals surface area (Å²) < 4.78 is 1.03. The molecule has 1 aromatic rings. The van der Waals surface area contributed by atoms with Gasteiger partial charge in [-0.3, -0.25) is 4.79 Å². The van der Waals surface area contributed by atoms with Crippen LogP contribution in [0.25, 0.3) is 0 Å². The SMILES string of the molecule is CC1(C)CCNC(=O)C(CN)N1c1ccc(Br)cc1. The van der Waals surface area contributed by atoms with E-state index in [2.05, 4.69) is 40.0 Å². The number of nitrogens with two attached hydrogens (primary N) is 1. The first-order chi connectivity index (χ1) is 8.95. The summed E-state index contributed by atoms with van der Waals surface area (Å²) in [6, 6.07) is 7.70. The topological polar surface area (TPSA) is 58.4 Å². The Bertz CT molecular complexity index is 458. The molecule has 1 atom stereocenters. The molecule has 0 spiro atoms. The summed E-state index contributed by atoms with van der Waals surface area (Å²) in [6.07, 6.45) is 0.894. The molecule has 1 heterocycles. The van der Waals surface area contributed by atoms with Crippen LogP contribution in [0.5, 0.6) is 0 Å². The van der Waals surface area contributed by atoms with Gasteiger partial charge in [-0.1, -0.05) is 15.9 Å². The molecule has 104 valence electrons. The third-order valence-corrected chi connectivity index (χ3v) is 4.16. The normalized spacial score (nSPS) is 22.8. The van der Waals surface area contributed by atoms with Crippen molar-refractivity contribution in [3.05, 3.63) is 28.7 Å².